The van der Waals surface area contributed by atoms with E-state index in [2.05, 4.69) is 0 Å². The maximum absolute atomic E-state index is 11.5. The zero-order valence-electron chi connectivity index (χ0n) is 9.50. The molecule has 1 aliphatic heterocycles. The van der Waals surface area contributed by atoms with Crippen molar-refractivity contribution in [3.05, 3.63) is 35.9 Å². The van der Waals surface area contributed by atoms with E-state index in [1.807, 2.05) is 0 Å². The van der Waals surface area contributed by atoms with Crippen LogP contribution in [-0.4, -0.2) is 38.7 Å². The third kappa shape index (κ3) is 2.96. The highest BCUT2D eigenvalue weighted by Crippen LogP contribution is 2.11. The van der Waals surface area contributed by atoms with E-state index in [0.717, 1.165) is 0 Å². The first-order valence-corrected chi connectivity index (χ1v) is 6.55. The molecule has 2 rings (SSSR count). The molecule has 18 heavy (non-hydrogen) atoms. The van der Waals surface area contributed by atoms with Gasteiger partial charge in [0.1, 0.15) is 0 Å². The number of carbonyl (C=O) groups is 3. The predicted octanol–water partition coefficient (Wildman–Crippen LogP) is 0.190. The van der Waals surface area contributed by atoms with Gasteiger partial charge in [-0.05, 0) is 12.1 Å². The Balaban J connectivity index is 1.81. The van der Waals surface area contributed by atoms with Crippen LogP contribution in [0.5, 0.6) is 0 Å². The van der Waals surface area contributed by atoms with Gasteiger partial charge in [-0.2, -0.15) is 5.06 Å². The van der Waals surface area contributed by atoms with Crippen LogP contribution in [-0.2, 0) is 17.3 Å². The summed E-state index contributed by atoms with van der Waals surface area (Å²) < 4.78 is 9.87. The van der Waals surface area contributed by atoms with E-state index in [1.54, 1.807) is 30.3 Å². The molecule has 1 saturated heterocycles. The van der Waals surface area contributed by atoms with Gasteiger partial charge in [-0.3, -0.25) is 9.59 Å². The normalized spacial score (nSPS) is 14.8. The Morgan fingerprint density at radius 2 is 1.72 bits per heavy atom. The maximum Gasteiger partial charge on any atom is 0.766 e. The third-order valence-corrected chi connectivity index (χ3v) is 3.13. The molecular formula is C11H10AlNO5. The molecule has 2 amide bonds. The standard InChI is InChI=1S/C7H6O2.C4H4NO3.Al.H/c8-7(9)6-4-2-1-3-5-6;6-3-1-2-4(7)5(3)8;;/h1-5H,(H,8,9);1-2H2;;/q;-1;+2;/p-1. The summed E-state index contributed by atoms with van der Waals surface area (Å²) in [6.45, 7) is 0. The number of rotatable bonds is 4. The van der Waals surface area contributed by atoms with E-state index in [9.17, 15) is 14.4 Å². The Hall–Kier alpha value is -1.68. The molecule has 0 saturated carbocycles. The number of imide groups is 1. The van der Waals surface area contributed by atoms with Crippen LogP contribution < -0.4 is 0 Å². The van der Waals surface area contributed by atoms with Crippen molar-refractivity contribution < 1.29 is 22.1 Å². The molecule has 7 heteroatoms. The molecule has 0 N–H and O–H groups in total. The fraction of sp³-hybridized carbons (Fsp3) is 0.182. The molecule has 1 aromatic rings. The van der Waals surface area contributed by atoms with Crippen molar-refractivity contribution in [2.45, 2.75) is 12.8 Å². The zero-order chi connectivity index (χ0) is 13.0. The Morgan fingerprint density at radius 1 is 1.11 bits per heavy atom. The molecule has 1 aromatic carbocycles. The van der Waals surface area contributed by atoms with Gasteiger partial charge in [-0.25, -0.2) is 4.79 Å². The Morgan fingerprint density at radius 3 is 2.33 bits per heavy atom. The molecule has 1 fully saturated rings. The highest BCUT2D eigenvalue weighted by molar-refractivity contribution is 6.24. The monoisotopic (exact) mass is 263 g/mol. The third-order valence-electron chi connectivity index (χ3n) is 2.39. The largest absolute Gasteiger partial charge is 0.766 e. The van der Waals surface area contributed by atoms with Crippen LogP contribution in [0.25, 0.3) is 0 Å². The van der Waals surface area contributed by atoms with Crippen molar-refractivity contribution in [2.24, 2.45) is 0 Å². The van der Waals surface area contributed by atoms with Gasteiger partial charge in [0.05, 0.1) is 5.56 Å². The number of nitrogens with zero attached hydrogens (tertiary/aromatic N) is 1. The van der Waals surface area contributed by atoms with Crippen molar-refractivity contribution in [1.82, 2.24) is 5.06 Å². The lowest BCUT2D eigenvalue weighted by atomic mass is 10.2. The van der Waals surface area contributed by atoms with Crippen molar-refractivity contribution in [3.8, 4) is 0 Å². The van der Waals surface area contributed by atoms with E-state index >= 15 is 0 Å². The summed E-state index contributed by atoms with van der Waals surface area (Å²) in [4.78, 5) is 33.9. The summed E-state index contributed by atoms with van der Waals surface area (Å²) in [5.74, 6) is -1.28. The molecule has 0 aromatic heterocycles. The minimum absolute atomic E-state index is 0.153. The van der Waals surface area contributed by atoms with Crippen LogP contribution >= 0.6 is 0 Å². The molecule has 6 nitrogen and oxygen atoms in total. The first kappa shape index (κ1) is 12.8. The summed E-state index contributed by atoms with van der Waals surface area (Å²) >= 11 is -1.74. The molecule has 92 valence electrons. The van der Waals surface area contributed by atoms with Crippen LogP contribution in [0.4, 0.5) is 0 Å². The minimum atomic E-state index is -1.74. The Bertz CT molecular complexity index is 460. The van der Waals surface area contributed by atoms with Gasteiger partial charge in [-0.1, -0.05) is 18.2 Å². The lowest BCUT2D eigenvalue weighted by Gasteiger charge is -2.13. The van der Waals surface area contributed by atoms with Crippen LogP contribution in [0.15, 0.2) is 30.3 Å². The molecule has 0 spiro atoms. The van der Waals surface area contributed by atoms with E-state index < -0.39 is 21.9 Å². The van der Waals surface area contributed by atoms with Gasteiger partial charge in [0.15, 0.2) is 0 Å². The number of amides is 2. The van der Waals surface area contributed by atoms with Crippen LogP contribution in [0.1, 0.15) is 23.2 Å². The number of hydroxylamine groups is 2. The molecule has 1 heterocycles. The second kappa shape index (κ2) is 5.78. The molecule has 1 aliphatic rings. The Kier molecular flexibility index (Phi) is 4.10. The van der Waals surface area contributed by atoms with Gasteiger partial charge < -0.3 is 7.68 Å². The van der Waals surface area contributed by atoms with Gasteiger partial charge in [0.25, 0.3) is 11.8 Å². The number of hydrogen-bond acceptors (Lipinski definition) is 5. The van der Waals surface area contributed by atoms with E-state index in [0.29, 0.717) is 10.6 Å². The summed E-state index contributed by atoms with van der Waals surface area (Å²) in [5, 5.41) is 0.699. The van der Waals surface area contributed by atoms with Crippen LogP contribution in [0.2, 0.25) is 0 Å². The molecular weight excluding hydrogens is 253 g/mol. The first-order chi connectivity index (χ1) is 8.68. The van der Waals surface area contributed by atoms with Crippen molar-refractivity contribution in [1.29, 1.82) is 0 Å². The van der Waals surface area contributed by atoms with E-state index in [-0.39, 0.29) is 24.7 Å². The molecule has 0 atom stereocenters. The summed E-state index contributed by atoms with van der Waals surface area (Å²) in [6.07, 6.45) is 0.305. The fourth-order valence-electron chi connectivity index (χ4n) is 1.49. The van der Waals surface area contributed by atoms with Gasteiger partial charge in [0, 0.05) is 12.8 Å². The van der Waals surface area contributed by atoms with E-state index in [4.69, 9.17) is 7.68 Å². The Labute approximate surface area is 110 Å². The smallest absolute Gasteiger partial charge is 0.593 e. The van der Waals surface area contributed by atoms with Crippen molar-refractivity contribution in [3.63, 3.8) is 0 Å². The highest BCUT2D eigenvalue weighted by atomic mass is 27.2. The van der Waals surface area contributed by atoms with Gasteiger partial charge >= 0.3 is 21.9 Å². The fourth-order valence-corrected chi connectivity index (χ4v) is 2.21. The second-order valence-corrected chi connectivity index (χ2v) is 4.41. The second-order valence-electron chi connectivity index (χ2n) is 3.63. The number of carbonyl (C=O) groups excluding carboxylic acids is 3. The summed E-state index contributed by atoms with van der Waals surface area (Å²) in [6, 6.07) is 8.44. The zero-order valence-corrected chi connectivity index (χ0v) is 10.9. The van der Waals surface area contributed by atoms with Gasteiger partial charge in [0.2, 0.25) is 0 Å². The first-order valence-electron chi connectivity index (χ1n) is 5.39. The average Bonchev–Trinajstić information content (AvgIpc) is 2.71. The molecule has 0 bridgehead atoms. The van der Waals surface area contributed by atoms with Crippen LogP contribution in [0, 0.1) is 0 Å². The van der Waals surface area contributed by atoms with Crippen LogP contribution in [0.3, 0.4) is 0 Å². The van der Waals surface area contributed by atoms with E-state index in [1.165, 1.54) is 0 Å². The minimum Gasteiger partial charge on any atom is -0.593 e. The van der Waals surface area contributed by atoms with Gasteiger partial charge in [-0.15, -0.1) is 0 Å². The quantitative estimate of drug-likeness (QED) is 0.572. The molecule has 0 unspecified atom stereocenters. The topological polar surface area (TPSA) is 72.9 Å². The molecule has 0 aliphatic carbocycles. The SMILES string of the molecule is O=C([O][AlH][O]N1C(=O)CCC1=O)c1ccccc1. The lowest BCUT2D eigenvalue weighted by Crippen LogP contribution is -2.32. The maximum atomic E-state index is 11.5. The number of benzene rings is 1. The van der Waals surface area contributed by atoms with Crippen molar-refractivity contribution >= 4 is 33.7 Å². The summed E-state index contributed by atoms with van der Waals surface area (Å²) in [7, 11) is 0. The number of hydrogen-bond donors (Lipinski definition) is 0. The predicted molar refractivity (Wildman–Crippen MR) is 61.2 cm³/mol. The molecule has 0 radical (unpaired) electrons. The summed E-state index contributed by atoms with van der Waals surface area (Å²) in [5.41, 5.74) is 0.410. The van der Waals surface area contributed by atoms with Crippen molar-refractivity contribution in [2.75, 3.05) is 0 Å². The lowest BCUT2D eigenvalue weighted by molar-refractivity contribution is -0.166. The highest BCUT2D eigenvalue weighted by Gasteiger charge is 2.31. The average molecular weight is 263 g/mol.